The van der Waals surface area contributed by atoms with E-state index in [9.17, 15) is 0 Å². The molecular weight excluding hydrogens is 224 g/mol. The molecule has 0 radical (unpaired) electrons. The van der Waals surface area contributed by atoms with E-state index in [0.717, 1.165) is 32.7 Å². The fourth-order valence-electron chi connectivity index (χ4n) is 2.85. The van der Waals surface area contributed by atoms with Crippen LogP contribution < -0.4 is 5.32 Å². The summed E-state index contributed by atoms with van der Waals surface area (Å²) in [5, 5.41) is 3.78. The van der Waals surface area contributed by atoms with Crippen LogP contribution >= 0.6 is 0 Å². The maximum atomic E-state index is 5.65. The second kappa shape index (κ2) is 8.13. The zero-order valence-electron chi connectivity index (χ0n) is 12.8. The van der Waals surface area contributed by atoms with Gasteiger partial charge in [0.25, 0.3) is 0 Å². The van der Waals surface area contributed by atoms with E-state index < -0.39 is 0 Å². The highest BCUT2D eigenvalue weighted by Gasteiger charge is 2.35. The molecule has 0 bridgehead atoms. The van der Waals surface area contributed by atoms with E-state index in [1.165, 1.54) is 25.8 Å². The van der Waals surface area contributed by atoms with Gasteiger partial charge in [-0.3, -0.25) is 4.90 Å². The number of piperazine rings is 1. The Morgan fingerprint density at radius 1 is 1.17 bits per heavy atom. The van der Waals surface area contributed by atoms with Gasteiger partial charge in [-0.05, 0) is 25.7 Å². The van der Waals surface area contributed by atoms with Crippen LogP contribution in [0.25, 0.3) is 0 Å². The van der Waals surface area contributed by atoms with Crippen LogP contribution in [0.4, 0.5) is 0 Å². The van der Waals surface area contributed by atoms with Gasteiger partial charge in [-0.1, -0.05) is 27.7 Å². The molecule has 1 N–H and O–H groups in total. The number of nitrogens with one attached hydrogen (secondary N) is 1. The van der Waals surface area contributed by atoms with Crippen LogP contribution in [0.5, 0.6) is 0 Å². The summed E-state index contributed by atoms with van der Waals surface area (Å²) in [4.78, 5) is 2.64. The summed E-state index contributed by atoms with van der Waals surface area (Å²) in [5.41, 5.74) is 0.330. The molecular formula is C15H32N2O. The molecule has 1 aliphatic heterocycles. The molecule has 1 unspecified atom stereocenters. The van der Waals surface area contributed by atoms with Crippen molar-refractivity contribution in [2.45, 2.75) is 65.0 Å². The lowest BCUT2D eigenvalue weighted by atomic mass is 9.88. The molecule has 0 aromatic heterocycles. The molecule has 1 aliphatic rings. The van der Waals surface area contributed by atoms with E-state index in [1.807, 2.05) is 0 Å². The molecule has 0 aromatic carbocycles. The molecule has 1 heterocycles. The molecule has 1 saturated heterocycles. The molecule has 18 heavy (non-hydrogen) atoms. The zero-order valence-corrected chi connectivity index (χ0v) is 12.8. The molecule has 0 spiro atoms. The quantitative estimate of drug-likeness (QED) is 0.676. The van der Waals surface area contributed by atoms with Gasteiger partial charge in [-0.15, -0.1) is 0 Å². The van der Waals surface area contributed by atoms with Crippen molar-refractivity contribution in [2.24, 2.45) is 0 Å². The lowest BCUT2D eigenvalue weighted by Crippen LogP contribution is -2.64. The van der Waals surface area contributed by atoms with Crippen molar-refractivity contribution in [3.63, 3.8) is 0 Å². The smallest absolute Gasteiger partial charge is 0.0593 e. The fourth-order valence-corrected chi connectivity index (χ4v) is 2.85. The number of nitrogens with zero attached hydrogens (tertiary/aromatic N) is 1. The van der Waals surface area contributed by atoms with E-state index >= 15 is 0 Å². The molecule has 1 atom stereocenters. The molecule has 0 saturated carbocycles. The maximum Gasteiger partial charge on any atom is 0.0593 e. The highest BCUT2D eigenvalue weighted by molar-refractivity contribution is 4.96. The van der Waals surface area contributed by atoms with Gasteiger partial charge in [0.1, 0.15) is 0 Å². The summed E-state index contributed by atoms with van der Waals surface area (Å²) in [6, 6.07) is 0.682. The zero-order chi connectivity index (χ0) is 13.4. The Kier molecular flexibility index (Phi) is 7.20. The highest BCUT2D eigenvalue weighted by atomic mass is 16.5. The second-order valence-corrected chi connectivity index (χ2v) is 5.51. The molecule has 0 amide bonds. The average Bonchev–Trinajstić information content (AvgIpc) is 2.43. The Bertz CT molecular complexity index is 217. The molecule has 3 nitrogen and oxygen atoms in total. The van der Waals surface area contributed by atoms with Crippen LogP contribution in [0.2, 0.25) is 0 Å². The minimum Gasteiger partial charge on any atom is -0.380 e. The fraction of sp³-hybridized carbons (Fsp3) is 1.00. The Morgan fingerprint density at radius 2 is 1.89 bits per heavy atom. The Hall–Kier alpha value is -0.120. The van der Waals surface area contributed by atoms with E-state index in [0.29, 0.717) is 11.6 Å². The van der Waals surface area contributed by atoms with E-state index in [2.05, 4.69) is 37.9 Å². The summed E-state index contributed by atoms with van der Waals surface area (Å²) in [6.07, 6.45) is 4.77. The first kappa shape index (κ1) is 15.9. The Balaban J connectivity index is 2.48. The number of hydrogen-bond donors (Lipinski definition) is 1. The van der Waals surface area contributed by atoms with Gasteiger partial charge in [0, 0.05) is 37.8 Å². The van der Waals surface area contributed by atoms with Crippen LogP contribution in [0.1, 0.15) is 53.4 Å². The van der Waals surface area contributed by atoms with E-state index in [4.69, 9.17) is 4.74 Å². The first-order valence-electron chi connectivity index (χ1n) is 7.78. The maximum absolute atomic E-state index is 5.65. The van der Waals surface area contributed by atoms with Crippen molar-refractivity contribution in [2.75, 3.05) is 32.8 Å². The van der Waals surface area contributed by atoms with Crippen LogP contribution in [-0.2, 0) is 4.74 Å². The van der Waals surface area contributed by atoms with Crippen molar-refractivity contribution in [3.05, 3.63) is 0 Å². The summed E-state index contributed by atoms with van der Waals surface area (Å²) in [5.74, 6) is 0. The van der Waals surface area contributed by atoms with Gasteiger partial charge in [0.2, 0.25) is 0 Å². The molecule has 108 valence electrons. The first-order valence-corrected chi connectivity index (χ1v) is 7.78. The minimum absolute atomic E-state index is 0.330. The summed E-state index contributed by atoms with van der Waals surface area (Å²) < 4.78 is 5.65. The minimum atomic E-state index is 0.330. The first-order chi connectivity index (χ1) is 8.71. The molecule has 1 fully saturated rings. The third-order valence-electron chi connectivity index (χ3n) is 4.43. The summed E-state index contributed by atoms with van der Waals surface area (Å²) in [6.45, 7) is 14.2. The number of hydrogen-bond acceptors (Lipinski definition) is 3. The third kappa shape index (κ3) is 4.22. The van der Waals surface area contributed by atoms with Crippen LogP contribution in [0.15, 0.2) is 0 Å². The Morgan fingerprint density at radius 3 is 2.44 bits per heavy atom. The summed E-state index contributed by atoms with van der Waals surface area (Å²) in [7, 11) is 0. The van der Waals surface area contributed by atoms with Crippen molar-refractivity contribution in [3.8, 4) is 0 Å². The lowest BCUT2D eigenvalue weighted by Gasteiger charge is -2.47. The van der Waals surface area contributed by atoms with Crippen LogP contribution in [0, 0.1) is 0 Å². The predicted molar refractivity (Wildman–Crippen MR) is 78.1 cm³/mol. The van der Waals surface area contributed by atoms with Crippen molar-refractivity contribution >= 4 is 0 Å². The molecule has 0 aliphatic carbocycles. The van der Waals surface area contributed by atoms with E-state index in [-0.39, 0.29) is 0 Å². The standard InChI is InChI=1S/C15H32N2O/c1-5-10-18-11-9-17-13-15(7-3,8-4)16-12-14(17)6-2/h14,16H,5-13H2,1-4H3. The Labute approximate surface area is 113 Å². The average molecular weight is 256 g/mol. The van der Waals surface area contributed by atoms with Gasteiger partial charge >= 0.3 is 0 Å². The van der Waals surface area contributed by atoms with Gasteiger partial charge in [0.05, 0.1) is 6.61 Å². The highest BCUT2D eigenvalue weighted by Crippen LogP contribution is 2.23. The number of ether oxygens (including phenoxy) is 1. The largest absolute Gasteiger partial charge is 0.380 e. The lowest BCUT2D eigenvalue weighted by molar-refractivity contribution is 0.0361. The SMILES string of the molecule is CCCOCCN1CC(CC)(CC)NCC1CC. The van der Waals surface area contributed by atoms with Crippen molar-refractivity contribution in [1.29, 1.82) is 0 Å². The van der Waals surface area contributed by atoms with Crippen LogP contribution in [-0.4, -0.2) is 49.3 Å². The normalized spacial score (nSPS) is 24.3. The van der Waals surface area contributed by atoms with Crippen LogP contribution in [0.3, 0.4) is 0 Å². The monoisotopic (exact) mass is 256 g/mol. The van der Waals surface area contributed by atoms with Crippen molar-refractivity contribution in [1.82, 2.24) is 10.2 Å². The van der Waals surface area contributed by atoms with E-state index in [1.54, 1.807) is 0 Å². The van der Waals surface area contributed by atoms with Gasteiger partial charge < -0.3 is 10.1 Å². The molecule has 1 rings (SSSR count). The molecule has 0 aromatic rings. The summed E-state index contributed by atoms with van der Waals surface area (Å²) >= 11 is 0. The van der Waals surface area contributed by atoms with Gasteiger partial charge in [0.15, 0.2) is 0 Å². The van der Waals surface area contributed by atoms with Crippen molar-refractivity contribution < 1.29 is 4.74 Å². The third-order valence-corrected chi connectivity index (χ3v) is 4.43. The predicted octanol–water partition coefficient (Wildman–Crippen LogP) is 2.66. The molecule has 3 heteroatoms. The second-order valence-electron chi connectivity index (χ2n) is 5.51. The van der Waals surface area contributed by atoms with Gasteiger partial charge in [-0.2, -0.15) is 0 Å². The van der Waals surface area contributed by atoms with Gasteiger partial charge in [-0.25, -0.2) is 0 Å². The topological polar surface area (TPSA) is 24.5 Å². The number of rotatable bonds is 8.